The predicted molar refractivity (Wildman–Crippen MR) is 21.8 cm³/mol. The van der Waals surface area contributed by atoms with Gasteiger partial charge in [0.15, 0.2) is 0 Å². The number of nitrogens with two attached hydrogens (primary N) is 1. The monoisotopic (exact) mass is 86.0 g/mol. The average molecular weight is 86.1 g/mol. The third kappa shape index (κ3) is 3.43. The van der Waals surface area contributed by atoms with Gasteiger partial charge in [0.25, 0.3) is 0 Å². The lowest BCUT2D eigenvalue weighted by molar-refractivity contribution is 0.225. The van der Waals surface area contributed by atoms with Gasteiger partial charge >= 0.3 is 0 Å². The van der Waals surface area contributed by atoms with Gasteiger partial charge in [0.2, 0.25) is 0 Å². The highest BCUT2D eigenvalue weighted by Gasteiger charge is 1.83. The Labute approximate surface area is 36.3 Å². The van der Waals surface area contributed by atoms with E-state index in [0.29, 0.717) is 0 Å². The van der Waals surface area contributed by atoms with Gasteiger partial charge < -0.3 is 5.73 Å². The maximum atomic E-state index is 9.46. The molecule has 34 valence electrons. The van der Waals surface area contributed by atoms with Crippen LogP contribution in [0.25, 0.3) is 0 Å². The molecule has 3 N–H and O–H groups in total. The molecule has 0 aromatic heterocycles. The first-order valence-corrected chi connectivity index (χ1v) is 1.52. The van der Waals surface area contributed by atoms with E-state index in [2.05, 4.69) is 0 Å². The maximum Gasteiger partial charge on any atom is 0.0969 e. The smallest absolute Gasteiger partial charge is 0.0969 e. The van der Waals surface area contributed by atoms with Crippen LogP contribution in [0.5, 0.6) is 0 Å². The van der Waals surface area contributed by atoms with Crippen molar-refractivity contribution in [3.8, 4) is 0 Å². The molecule has 0 bridgehead atoms. The molecule has 0 fully saturated rings. The molecule has 0 heterocycles. The van der Waals surface area contributed by atoms with E-state index >= 15 is 0 Å². The van der Waals surface area contributed by atoms with Crippen molar-refractivity contribution in [3.63, 3.8) is 0 Å². The molecule has 0 aromatic rings. The van der Waals surface area contributed by atoms with Crippen molar-refractivity contribution in [1.29, 1.82) is 5.41 Å². The zero-order valence-corrected chi connectivity index (χ0v) is 3.27. The van der Waals surface area contributed by atoms with Crippen LogP contribution in [-0.2, 0) is 5.11 Å². The summed E-state index contributed by atoms with van der Waals surface area (Å²) in [7, 11) is 0. The van der Waals surface area contributed by atoms with E-state index in [-0.39, 0.29) is 5.84 Å². The van der Waals surface area contributed by atoms with Crippen molar-refractivity contribution in [3.05, 3.63) is 6.42 Å². The van der Waals surface area contributed by atoms with Crippen LogP contribution in [0.2, 0.25) is 0 Å². The summed E-state index contributed by atoms with van der Waals surface area (Å²) in [4.78, 5) is 0. The van der Waals surface area contributed by atoms with Crippen molar-refractivity contribution in [1.82, 2.24) is 0 Å². The Morgan fingerprint density at radius 1 is 2.00 bits per heavy atom. The molecule has 0 unspecified atom stereocenters. The van der Waals surface area contributed by atoms with Crippen LogP contribution in [0, 0.1) is 11.8 Å². The minimum atomic E-state index is -0.394. The largest absolute Gasteiger partial charge is 0.387 e. The number of amidine groups is 1. The Morgan fingerprint density at radius 2 is 2.50 bits per heavy atom. The minimum Gasteiger partial charge on any atom is -0.387 e. The summed E-state index contributed by atoms with van der Waals surface area (Å²) in [5.41, 5.74) is 4.73. The second-order valence-corrected chi connectivity index (χ2v) is 0.826. The fraction of sp³-hybridized carbons (Fsp3) is 0.333. The Bertz CT molecular complexity index is 52.8. The Morgan fingerprint density at radius 3 is 2.50 bits per heavy atom. The molecule has 0 aliphatic rings. The number of hydrogen-bond donors (Lipinski definition) is 2. The van der Waals surface area contributed by atoms with E-state index in [1.54, 1.807) is 0 Å². The van der Waals surface area contributed by atoms with Gasteiger partial charge in [0, 0.05) is 0 Å². The highest BCUT2D eigenvalue weighted by molar-refractivity contribution is 5.85. The Hall–Kier alpha value is -0.570. The first-order valence-electron chi connectivity index (χ1n) is 1.52. The molecule has 3 heteroatoms. The molecule has 0 saturated carbocycles. The second-order valence-electron chi connectivity index (χ2n) is 0.826. The zero-order chi connectivity index (χ0) is 4.99. The van der Waals surface area contributed by atoms with Crippen molar-refractivity contribution in [2.45, 2.75) is 0 Å². The summed E-state index contributed by atoms with van der Waals surface area (Å²) >= 11 is 0. The Balaban J connectivity index is 2.83. The molecule has 0 aliphatic carbocycles. The van der Waals surface area contributed by atoms with Gasteiger partial charge in [-0.1, -0.05) is 0 Å². The molecule has 2 radical (unpaired) electrons. The van der Waals surface area contributed by atoms with Gasteiger partial charge in [-0.2, -0.15) is 0 Å². The van der Waals surface area contributed by atoms with E-state index in [1.165, 1.54) is 0 Å². The first kappa shape index (κ1) is 5.43. The van der Waals surface area contributed by atoms with Crippen LogP contribution in [0.1, 0.15) is 0 Å². The molecule has 0 amide bonds. The standard InChI is InChI=1S/C3H6N2O/c4-3(5)1-2-6/h1H,2H2,(H3,4,5). The topological polar surface area (TPSA) is 69.8 Å². The number of hydrogen-bond acceptors (Lipinski definition) is 1. The highest BCUT2D eigenvalue weighted by Crippen LogP contribution is 1.66. The van der Waals surface area contributed by atoms with E-state index in [9.17, 15) is 5.11 Å². The number of nitrogens with one attached hydrogen (secondary N) is 1. The van der Waals surface area contributed by atoms with Crippen LogP contribution in [0.3, 0.4) is 0 Å². The van der Waals surface area contributed by atoms with Gasteiger partial charge in [0.05, 0.1) is 18.9 Å². The normalized spacial score (nSPS) is 8.17. The van der Waals surface area contributed by atoms with E-state index in [1.807, 2.05) is 0 Å². The van der Waals surface area contributed by atoms with E-state index in [0.717, 1.165) is 6.42 Å². The van der Waals surface area contributed by atoms with E-state index in [4.69, 9.17) is 11.1 Å². The summed E-state index contributed by atoms with van der Waals surface area (Å²) < 4.78 is 0. The molecule has 6 heavy (non-hydrogen) atoms. The third-order valence-corrected chi connectivity index (χ3v) is 0.303. The van der Waals surface area contributed by atoms with Crippen LogP contribution in [-0.4, -0.2) is 12.4 Å². The summed E-state index contributed by atoms with van der Waals surface area (Å²) in [6.07, 6.45) is 1.10. The average Bonchev–Trinajstić information content (AvgIpc) is 1.35. The van der Waals surface area contributed by atoms with Crippen molar-refractivity contribution >= 4 is 5.84 Å². The summed E-state index contributed by atoms with van der Waals surface area (Å²) in [6.45, 7) is -0.394. The second kappa shape index (κ2) is 2.66. The van der Waals surface area contributed by atoms with Crippen LogP contribution in [0.15, 0.2) is 0 Å². The fourth-order valence-electron chi connectivity index (χ4n) is 0.0898. The van der Waals surface area contributed by atoms with Crippen molar-refractivity contribution < 1.29 is 5.11 Å². The van der Waals surface area contributed by atoms with Gasteiger partial charge in [-0.15, -0.1) is 0 Å². The molecular formula is C3H6N2O. The zero-order valence-electron chi connectivity index (χ0n) is 3.27. The van der Waals surface area contributed by atoms with Gasteiger partial charge in [0.1, 0.15) is 0 Å². The minimum absolute atomic E-state index is 0.148. The third-order valence-electron chi connectivity index (χ3n) is 0.303. The predicted octanol–water partition coefficient (Wildman–Crippen LogP) is -0.443. The molecule has 3 nitrogen and oxygen atoms in total. The van der Waals surface area contributed by atoms with Crippen LogP contribution < -0.4 is 5.73 Å². The summed E-state index contributed by atoms with van der Waals surface area (Å²) in [6, 6.07) is 0. The maximum absolute atomic E-state index is 9.46. The lowest BCUT2D eigenvalue weighted by Crippen LogP contribution is -2.10. The van der Waals surface area contributed by atoms with Crippen LogP contribution in [0.4, 0.5) is 0 Å². The van der Waals surface area contributed by atoms with Gasteiger partial charge in [-0.25, -0.2) is 5.11 Å². The lowest BCUT2D eigenvalue weighted by Gasteiger charge is -1.83. The quantitative estimate of drug-likeness (QED) is 0.347. The van der Waals surface area contributed by atoms with E-state index < -0.39 is 6.61 Å². The molecule has 0 rings (SSSR count). The fourth-order valence-corrected chi connectivity index (χ4v) is 0.0898. The van der Waals surface area contributed by atoms with Crippen molar-refractivity contribution in [2.24, 2.45) is 5.73 Å². The lowest BCUT2D eigenvalue weighted by atomic mass is 10.4. The van der Waals surface area contributed by atoms with Gasteiger partial charge in [-0.3, -0.25) is 5.41 Å². The van der Waals surface area contributed by atoms with Gasteiger partial charge in [-0.05, 0) is 0 Å². The molecular weight excluding hydrogens is 80.0 g/mol. The molecule has 0 saturated heterocycles. The molecule has 0 atom stereocenters. The summed E-state index contributed by atoms with van der Waals surface area (Å²) in [5.74, 6) is -0.148. The molecule has 0 aliphatic heterocycles. The summed E-state index contributed by atoms with van der Waals surface area (Å²) in [5, 5.41) is 15.9. The first-order chi connectivity index (χ1) is 2.77. The molecule has 0 spiro atoms. The van der Waals surface area contributed by atoms with Crippen LogP contribution >= 0.6 is 0 Å². The SMILES string of the molecule is N=C(N)[CH]C[O]. The highest BCUT2D eigenvalue weighted by atomic mass is 16.3. The Kier molecular flexibility index (Phi) is 2.40. The molecule has 0 aromatic carbocycles. The number of rotatable bonds is 2. The van der Waals surface area contributed by atoms with Crippen molar-refractivity contribution in [2.75, 3.05) is 6.61 Å².